The first kappa shape index (κ1) is 26.5. The molecule has 0 aromatic heterocycles. The molecule has 1 aromatic rings. The minimum absolute atomic E-state index is 0.0111. The van der Waals surface area contributed by atoms with E-state index in [1.807, 2.05) is 0 Å². The topological polar surface area (TPSA) is 87.7 Å². The van der Waals surface area contributed by atoms with Gasteiger partial charge in [0.05, 0.1) is 20.2 Å². The Kier molecular flexibility index (Phi) is 11.1. The van der Waals surface area contributed by atoms with Crippen molar-refractivity contribution >= 4 is 23.4 Å². The molecule has 0 heterocycles. The predicted octanol–water partition coefficient (Wildman–Crippen LogP) is 3.84. The molecule has 0 aliphatic carbocycles. The Hall–Kier alpha value is -2.57. The minimum atomic E-state index is -0.335. The van der Waals surface area contributed by atoms with E-state index in [0.29, 0.717) is 24.4 Å². The third-order valence-electron chi connectivity index (χ3n) is 4.77. The molecule has 31 heavy (non-hydrogen) atoms. The fourth-order valence-electron chi connectivity index (χ4n) is 3.47. The number of hydrogen-bond donors (Lipinski definition) is 2. The van der Waals surface area contributed by atoms with Gasteiger partial charge in [0.25, 0.3) is 0 Å². The second-order valence-corrected chi connectivity index (χ2v) is 9.30. The van der Waals surface area contributed by atoms with Crippen LogP contribution in [0.4, 0.5) is 5.69 Å². The van der Waals surface area contributed by atoms with E-state index < -0.39 is 0 Å². The third-order valence-corrected chi connectivity index (χ3v) is 4.77. The van der Waals surface area contributed by atoms with E-state index in [9.17, 15) is 14.4 Å². The Morgan fingerprint density at radius 3 is 2.29 bits per heavy atom. The summed E-state index contributed by atoms with van der Waals surface area (Å²) in [5.74, 6) is 0.263. The molecule has 7 nitrogen and oxygen atoms in total. The highest BCUT2D eigenvalue weighted by molar-refractivity contribution is 5.95. The zero-order valence-electron chi connectivity index (χ0n) is 19.9. The summed E-state index contributed by atoms with van der Waals surface area (Å²) >= 11 is 0. The fourth-order valence-corrected chi connectivity index (χ4v) is 3.47. The molecule has 0 spiro atoms. The van der Waals surface area contributed by atoms with Crippen LogP contribution in [0.2, 0.25) is 0 Å². The van der Waals surface area contributed by atoms with Gasteiger partial charge in [0, 0.05) is 18.7 Å². The number of amides is 3. The predicted molar refractivity (Wildman–Crippen MR) is 124 cm³/mol. The van der Waals surface area contributed by atoms with Gasteiger partial charge in [0.2, 0.25) is 17.7 Å². The van der Waals surface area contributed by atoms with Crippen LogP contribution in [0.5, 0.6) is 5.75 Å². The van der Waals surface area contributed by atoms with Crippen LogP contribution >= 0.6 is 0 Å². The summed E-state index contributed by atoms with van der Waals surface area (Å²) in [6.07, 6.45) is 3.14. The Balaban J connectivity index is 2.53. The van der Waals surface area contributed by atoms with Gasteiger partial charge in [-0.2, -0.15) is 0 Å². The van der Waals surface area contributed by atoms with Crippen LogP contribution in [0.3, 0.4) is 0 Å². The van der Waals surface area contributed by atoms with Crippen LogP contribution in [-0.4, -0.2) is 49.4 Å². The molecule has 1 rings (SSSR count). The monoisotopic (exact) mass is 433 g/mol. The van der Waals surface area contributed by atoms with Gasteiger partial charge in [-0.25, -0.2) is 0 Å². The molecule has 174 valence electrons. The number of anilines is 1. The lowest BCUT2D eigenvalue weighted by molar-refractivity contribution is -0.137. The first-order valence-electron chi connectivity index (χ1n) is 11.0. The van der Waals surface area contributed by atoms with Crippen molar-refractivity contribution in [2.45, 2.75) is 60.3 Å². The molecule has 0 aliphatic rings. The Morgan fingerprint density at radius 1 is 1.10 bits per heavy atom. The second kappa shape index (κ2) is 13.0. The molecule has 0 bridgehead atoms. The summed E-state index contributed by atoms with van der Waals surface area (Å²) < 4.78 is 5.08. The number of nitrogens with zero attached hydrogens (tertiary/aromatic N) is 1. The lowest BCUT2D eigenvalue weighted by Crippen LogP contribution is -2.43. The SMILES string of the molecule is CCCCN(CC(=O)NCC(=O)Nc1ccc(OC)cc1)C(=O)C[C@@H](C)CC(C)(C)C. The van der Waals surface area contributed by atoms with Gasteiger partial charge in [-0.3, -0.25) is 14.4 Å². The van der Waals surface area contributed by atoms with Crippen molar-refractivity contribution in [3.05, 3.63) is 24.3 Å². The van der Waals surface area contributed by atoms with Crippen LogP contribution in [0.15, 0.2) is 24.3 Å². The van der Waals surface area contributed by atoms with Crippen LogP contribution in [0.1, 0.15) is 60.3 Å². The summed E-state index contributed by atoms with van der Waals surface area (Å²) in [5, 5.41) is 5.33. The van der Waals surface area contributed by atoms with E-state index in [-0.39, 0.29) is 42.1 Å². The van der Waals surface area contributed by atoms with Crippen molar-refractivity contribution in [1.29, 1.82) is 0 Å². The maximum atomic E-state index is 12.8. The van der Waals surface area contributed by atoms with Crippen molar-refractivity contribution in [1.82, 2.24) is 10.2 Å². The summed E-state index contributed by atoms with van der Waals surface area (Å²) in [5.41, 5.74) is 0.774. The molecule has 1 aromatic carbocycles. The van der Waals surface area contributed by atoms with E-state index in [1.165, 1.54) is 0 Å². The summed E-state index contributed by atoms with van der Waals surface area (Å²) in [6.45, 7) is 11.0. The van der Waals surface area contributed by atoms with Gasteiger partial charge < -0.3 is 20.3 Å². The van der Waals surface area contributed by atoms with Crippen LogP contribution in [-0.2, 0) is 14.4 Å². The normalized spacial score (nSPS) is 12.1. The van der Waals surface area contributed by atoms with Crippen LogP contribution in [0, 0.1) is 11.3 Å². The molecular formula is C24H39N3O4. The van der Waals surface area contributed by atoms with E-state index in [1.54, 1.807) is 36.3 Å². The van der Waals surface area contributed by atoms with Crippen molar-refractivity contribution in [2.75, 3.05) is 32.1 Å². The number of methoxy groups -OCH3 is 1. The van der Waals surface area contributed by atoms with Crippen LogP contribution < -0.4 is 15.4 Å². The van der Waals surface area contributed by atoms with E-state index in [0.717, 1.165) is 19.3 Å². The quantitative estimate of drug-likeness (QED) is 0.524. The lowest BCUT2D eigenvalue weighted by atomic mass is 9.84. The molecule has 0 unspecified atom stereocenters. The minimum Gasteiger partial charge on any atom is -0.497 e. The van der Waals surface area contributed by atoms with Crippen LogP contribution in [0.25, 0.3) is 0 Å². The Bertz CT molecular complexity index is 711. The molecule has 2 N–H and O–H groups in total. The van der Waals surface area contributed by atoms with Crippen molar-refractivity contribution < 1.29 is 19.1 Å². The first-order valence-corrected chi connectivity index (χ1v) is 11.0. The standard InChI is InChI=1S/C24H39N3O4/c1-7-8-13-27(23(30)14-18(2)15-24(3,4)5)17-22(29)25-16-21(28)26-19-9-11-20(31-6)12-10-19/h9-12,18H,7-8,13-17H2,1-6H3,(H,25,29)(H,26,28)/t18-/m1/s1. The number of carbonyl (C=O) groups excluding carboxylic acids is 3. The van der Waals surface area contributed by atoms with Gasteiger partial charge in [-0.15, -0.1) is 0 Å². The van der Waals surface area contributed by atoms with Gasteiger partial charge in [0.1, 0.15) is 5.75 Å². The summed E-state index contributed by atoms with van der Waals surface area (Å²) in [6, 6.07) is 6.93. The number of carbonyl (C=O) groups is 3. The van der Waals surface area contributed by atoms with E-state index in [4.69, 9.17) is 4.74 Å². The first-order chi connectivity index (χ1) is 14.5. The average Bonchev–Trinajstić information content (AvgIpc) is 2.68. The maximum Gasteiger partial charge on any atom is 0.243 e. The zero-order chi connectivity index (χ0) is 23.4. The Labute approximate surface area is 186 Å². The highest BCUT2D eigenvalue weighted by Crippen LogP contribution is 2.26. The van der Waals surface area contributed by atoms with Gasteiger partial charge >= 0.3 is 0 Å². The molecule has 0 radical (unpaired) electrons. The molecule has 7 heteroatoms. The number of hydrogen-bond acceptors (Lipinski definition) is 4. The van der Waals surface area contributed by atoms with Crippen molar-refractivity contribution in [3.63, 3.8) is 0 Å². The maximum absolute atomic E-state index is 12.8. The molecule has 0 aliphatic heterocycles. The molecule has 0 fully saturated rings. The van der Waals surface area contributed by atoms with E-state index >= 15 is 0 Å². The third kappa shape index (κ3) is 11.4. The number of rotatable bonds is 12. The van der Waals surface area contributed by atoms with Gasteiger partial charge in [-0.1, -0.05) is 41.0 Å². The largest absolute Gasteiger partial charge is 0.497 e. The number of nitrogens with one attached hydrogen (secondary N) is 2. The molecule has 0 saturated carbocycles. The molecule has 0 saturated heterocycles. The number of ether oxygens (including phenoxy) is 1. The fraction of sp³-hybridized carbons (Fsp3) is 0.625. The second-order valence-electron chi connectivity index (χ2n) is 9.30. The average molecular weight is 434 g/mol. The van der Waals surface area contributed by atoms with Crippen molar-refractivity contribution in [2.24, 2.45) is 11.3 Å². The molecule has 1 atom stereocenters. The summed E-state index contributed by atoms with van der Waals surface area (Å²) in [7, 11) is 1.57. The van der Waals surface area contributed by atoms with E-state index in [2.05, 4.69) is 45.3 Å². The smallest absolute Gasteiger partial charge is 0.243 e. The number of benzene rings is 1. The highest BCUT2D eigenvalue weighted by Gasteiger charge is 2.22. The number of unbranched alkanes of at least 4 members (excludes halogenated alkanes) is 1. The molecular weight excluding hydrogens is 394 g/mol. The summed E-state index contributed by atoms with van der Waals surface area (Å²) in [4.78, 5) is 38.9. The molecule has 3 amide bonds. The Morgan fingerprint density at radius 2 is 1.74 bits per heavy atom. The lowest BCUT2D eigenvalue weighted by Gasteiger charge is -2.26. The highest BCUT2D eigenvalue weighted by atomic mass is 16.5. The van der Waals surface area contributed by atoms with Gasteiger partial charge in [-0.05, 0) is 48.4 Å². The van der Waals surface area contributed by atoms with Crippen molar-refractivity contribution in [3.8, 4) is 5.75 Å². The zero-order valence-corrected chi connectivity index (χ0v) is 19.9. The van der Waals surface area contributed by atoms with Gasteiger partial charge in [0.15, 0.2) is 0 Å².